The summed E-state index contributed by atoms with van der Waals surface area (Å²) < 4.78 is 25.9. The maximum atomic E-state index is 11.8. The minimum atomic E-state index is -3.67. The molecule has 0 spiro atoms. The molecule has 0 atom stereocenters. The number of hydrogen-bond donors (Lipinski definition) is 1. The molecule has 0 bridgehead atoms. The summed E-state index contributed by atoms with van der Waals surface area (Å²) in [5, 5.41) is 0. The van der Waals surface area contributed by atoms with E-state index in [1.807, 2.05) is 60.7 Å². The molecule has 0 radical (unpaired) electrons. The van der Waals surface area contributed by atoms with Crippen LogP contribution in [0.2, 0.25) is 0 Å². The minimum Gasteiger partial charge on any atom is -0.289 e. The van der Waals surface area contributed by atoms with Gasteiger partial charge in [-0.05, 0) is 0 Å². The highest BCUT2D eigenvalue weighted by atomic mass is 32.2. The van der Waals surface area contributed by atoms with Crippen LogP contribution in [0.5, 0.6) is 0 Å². The Morgan fingerprint density at radius 1 is 0.842 bits per heavy atom. The summed E-state index contributed by atoms with van der Waals surface area (Å²) in [4.78, 5) is 11.8. The van der Waals surface area contributed by atoms with Gasteiger partial charge in [0.1, 0.15) is 0 Å². The van der Waals surface area contributed by atoms with Crippen LogP contribution in [0.3, 0.4) is 0 Å². The molecule has 2 aromatic carbocycles. The van der Waals surface area contributed by atoms with Crippen LogP contribution in [0.1, 0.15) is 15.9 Å². The summed E-state index contributed by atoms with van der Waals surface area (Å²) in [7, 11) is -3.67. The highest BCUT2D eigenvalue weighted by Gasteiger charge is 2.06. The van der Waals surface area contributed by atoms with Crippen LogP contribution >= 0.6 is 0 Å². The molecule has 0 saturated carbocycles. The quantitative estimate of drug-likeness (QED) is 0.676. The van der Waals surface area contributed by atoms with Gasteiger partial charge in [-0.25, -0.2) is 0 Å². The van der Waals surface area contributed by atoms with Gasteiger partial charge in [0.2, 0.25) is 0 Å². The van der Waals surface area contributed by atoms with Gasteiger partial charge in [0.25, 0.3) is 10.1 Å². The van der Waals surface area contributed by atoms with Crippen LogP contribution in [0.25, 0.3) is 0 Å². The molecule has 0 aromatic heterocycles. The van der Waals surface area contributed by atoms with Gasteiger partial charge < -0.3 is 0 Å². The van der Waals surface area contributed by atoms with Crippen LogP contribution in [0.15, 0.2) is 60.7 Å². The van der Waals surface area contributed by atoms with E-state index < -0.39 is 10.1 Å². The van der Waals surface area contributed by atoms with Crippen LogP contribution in [0.4, 0.5) is 0 Å². The number of hydrogen-bond acceptors (Lipinski definition) is 3. The van der Waals surface area contributed by atoms with Crippen LogP contribution in [-0.4, -0.2) is 25.0 Å². The predicted molar refractivity (Wildman–Crippen MR) is 73.8 cm³/mol. The van der Waals surface area contributed by atoms with Gasteiger partial charge in [-0.2, -0.15) is 8.42 Å². The molecule has 5 heteroatoms. The first-order valence-electron chi connectivity index (χ1n) is 5.45. The summed E-state index contributed by atoms with van der Waals surface area (Å²) in [6.07, 6.45) is 0.715. The molecule has 0 saturated heterocycles. The average molecular weight is 278 g/mol. The Morgan fingerprint density at radius 2 is 1.11 bits per heavy atom. The largest absolute Gasteiger partial charge is 0.289 e. The molecule has 0 heterocycles. The van der Waals surface area contributed by atoms with E-state index in [4.69, 9.17) is 4.55 Å². The number of ketones is 1. The molecule has 0 amide bonds. The van der Waals surface area contributed by atoms with E-state index in [1.54, 1.807) is 0 Å². The minimum absolute atomic E-state index is 0.0752. The molecule has 4 nitrogen and oxygen atoms in total. The summed E-state index contributed by atoms with van der Waals surface area (Å²) in [6, 6.07) is 18.6. The van der Waals surface area contributed by atoms with E-state index in [9.17, 15) is 13.2 Å². The van der Waals surface area contributed by atoms with Crippen molar-refractivity contribution in [2.75, 3.05) is 6.26 Å². The van der Waals surface area contributed by atoms with Gasteiger partial charge in [-0.1, -0.05) is 60.7 Å². The second kappa shape index (κ2) is 6.82. The van der Waals surface area contributed by atoms with Gasteiger partial charge in [0, 0.05) is 11.1 Å². The third-order valence-electron chi connectivity index (χ3n) is 2.07. The average Bonchev–Trinajstić information content (AvgIpc) is 2.38. The second-order valence-corrected chi connectivity index (χ2v) is 5.26. The summed E-state index contributed by atoms with van der Waals surface area (Å²) >= 11 is 0. The summed E-state index contributed by atoms with van der Waals surface area (Å²) in [5.74, 6) is 0.0752. The van der Waals surface area contributed by atoms with Crippen LogP contribution < -0.4 is 0 Å². The van der Waals surface area contributed by atoms with Gasteiger partial charge in [-0.3, -0.25) is 9.35 Å². The molecule has 100 valence electrons. The monoisotopic (exact) mass is 278 g/mol. The van der Waals surface area contributed by atoms with Crippen molar-refractivity contribution in [2.24, 2.45) is 0 Å². The van der Waals surface area contributed by atoms with Crippen LogP contribution in [-0.2, 0) is 10.1 Å². The maximum absolute atomic E-state index is 11.8. The molecule has 19 heavy (non-hydrogen) atoms. The fraction of sp³-hybridized carbons (Fsp3) is 0.0714. The van der Waals surface area contributed by atoms with E-state index in [0.717, 1.165) is 11.1 Å². The molecule has 0 aliphatic heterocycles. The lowest BCUT2D eigenvalue weighted by Gasteiger charge is -1.99. The second-order valence-electron chi connectivity index (χ2n) is 3.79. The Bertz CT molecular complexity index is 570. The van der Waals surface area contributed by atoms with Crippen molar-refractivity contribution in [2.45, 2.75) is 0 Å². The third-order valence-corrected chi connectivity index (χ3v) is 2.07. The van der Waals surface area contributed by atoms with Gasteiger partial charge in [0.15, 0.2) is 5.78 Å². The smallest absolute Gasteiger partial charge is 0.261 e. The molecule has 0 aliphatic carbocycles. The molecule has 1 N–H and O–H groups in total. The first kappa shape index (κ1) is 15.1. The number of rotatable bonds is 2. The van der Waals surface area contributed by atoms with Crippen molar-refractivity contribution in [1.29, 1.82) is 0 Å². The zero-order valence-electron chi connectivity index (χ0n) is 10.4. The zero-order chi connectivity index (χ0) is 14.3. The first-order valence-corrected chi connectivity index (χ1v) is 7.30. The lowest BCUT2D eigenvalue weighted by atomic mass is 10.0. The van der Waals surface area contributed by atoms with Crippen molar-refractivity contribution in [3.63, 3.8) is 0 Å². The Hall–Kier alpha value is -1.98. The molecule has 2 rings (SSSR count). The van der Waals surface area contributed by atoms with E-state index in [2.05, 4.69) is 0 Å². The zero-order valence-corrected chi connectivity index (χ0v) is 11.2. The summed E-state index contributed by atoms with van der Waals surface area (Å²) in [5.41, 5.74) is 1.47. The normalized spacial score (nSPS) is 10.2. The van der Waals surface area contributed by atoms with E-state index in [1.165, 1.54) is 0 Å². The molecule has 0 unspecified atom stereocenters. The molecule has 2 aromatic rings. The van der Waals surface area contributed by atoms with Crippen LogP contribution in [0, 0.1) is 0 Å². The fourth-order valence-electron chi connectivity index (χ4n) is 1.35. The molecular formula is C14H14O4S. The van der Waals surface area contributed by atoms with E-state index >= 15 is 0 Å². The van der Waals surface area contributed by atoms with Crippen molar-refractivity contribution in [3.8, 4) is 0 Å². The van der Waals surface area contributed by atoms with Crippen molar-refractivity contribution in [1.82, 2.24) is 0 Å². The number of benzene rings is 2. The Labute approximate surface area is 112 Å². The Kier molecular flexibility index (Phi) is 5.41. The predicted octanol–water partition coefficient (Wildman–Crippen LogP) is 2.42. The van der Waals surface area contributed by atoms with Crippen molar-refractivity contribution in [3.05, 3.63) is 71.8 Å². The Balaban J connectivity index is 0.000000312. The van der Waals surface area contributed by atoms with Gasteiger partial charge in [-0.15, -0.1) is 0 Å². The number of carbonyl (C=O) groups is 1. The molecule has 0 aliphatic rings. The van der Waals surface area contributed by atoms with E-state index in [-0.39, 0.29) is 5.78 Å². The van der Waals surface area contributed by atoms with Crippen molar-refractivity contribution >= 4 is 15.9 Å². The summed E-state index contributed by atoms with van der Waals surface area (Å²) in [6.45, 7) is 0. The highest BCUT2D eigenvalue weighted by Crippen LogP contribution is 2.08. The molecule has 0 fully saturated rings. The van der Waals surface area contributed by atoms with Gasteiger partial charge >= 0.3 is 0 Å². The highest BCUT2D eigenvalue weighted by molar-refractivity contribution is 7.85. The topological polar surface area (TPSA) is 71.4 Å². The standard InChI is InChI=1S/C13H10O.CH4O3S/c14-13(11-7-3-1-4-8-11)12-9-5-2-6-10-12;1-5(2,3)4/h1-10H;1H3,(H,2,3,4). The van der Waals surface area contributed by atoms with Crippen molar-refractivity contribution < 1.29 is 17.8 Å². The molecular weight excluding hydrogens is 264 g/mol. The third kappa shape index (κ3) is 6.49. The maximum Gasteiger partial charge on any atom is 0.261 e. The first-order chi connectivity index (χ1) is 8.88. The lowest BCUT2D eigenvalue weighted by Crippen LogP contribution is -1.99. The lowest BCUT2D eigenvalue weighted by molar-refractivity contribution is 0.103. The fourth-order valence-corrected chi connectivity index (χ4v) is 1.35. The van der Waals surface area contributed by atoms with Gasteiger partial charge in [0.05, 0.1) is 6.26 Å². The number of carbonyl (C=O) groups excluding carboxylic acids is 1. The SMILES string of the molecule is CS(=O)(=O)O.O=C(c1ccccc1)c1ccccc1. The Morgan fingerprint density at radius 3 is 1.37 bits per heavy atom. The van der Waals surface area contributed by atoms with E-state index in [0.29, 0.717) is 6.26 Å².